The average Bonchev–Trinajstić information content (AvgIpc) is 2.81. The van der Waals surface area contributed by atoms with Gasteiger partial charge in [0.1, 0.15) is 5.75 Å². The Hall–Kier alpha value is -1.56. The van der Waals surface area contributed by atoms with Crippen molar-refractivity contribution in [2.75, 3.05) is 13.1 Å². The van der Waals surface area contributed by atoms with Gasteiger partial charge in [-0.25, -0.2) is 0 Å². The summed E-state index contributed by atoms with van der Waals surface area (Å²) in [6, 6.07) is 4.65. The lowest BCUT2D eigenvalue weighted by Gasteiger charge is -2.16. The van der Waals surface area contributed by atoms with E-state index in [-0.39, 0.29) is 23.5 Å². The van der Waals surface area contributed by atoms with Crippen LogP contribution < -0.4 is 5.73 Å². The average molecular weight is 313 g/mol. The van der Waals surface area contributed by atoms with Gasteiger partial charge in [-0.3, -0.25) is 9.59 Å². The standard InChI is InChI=1S/C12H13BrN2O3/c13-9-2-1-7(5-10(9)16)12(18)15-4-3-8(6-15)11(14)17/h1-2,5,8,16H,3-4,6H2,(H2,14,17). The number of rotatable bonds is 2. The van der Waals surface area contributed by atoms with Gasteiger partial charge in [-0.1, -0.05) is 0 Å². The Labute approximate surface area is 113 Å². The van der Waals surface area contributed by atoms with Gasteiger partial charge in [0.15, 0.2) is 0 Å². The maximum atomic E-state index is 12.1. The number of halogens is 1. The summed E-state index contributed by atoms with van der Waals surface area (Å²) in [4.78, 5) is 24.8. The van der Waals surface area contributed by atoms with Crippen LogP contribution in [-0.4, -0.2) is 34.9 Å². The highest BCUT2D eigenvalue weighted by atomic mass is 79.9. The number of nitrogens with two attached hydrogens (primary N) is 1. The van der Waals surface area contributed by atoms with Crippen LogP contribution in [0.25, 0.3) is 0 Å². The van der Waals surface area contributed by atoms with Crippen molar-refractivity contribution in [1.82, 2.24) is 4.90 Å². The third-order valence-electron chi connectivity index (χ3n) is 3.07. The first-order valence-corrected chi connectivity index (χ1v) is 6.35. The molecule has 1 aromatic rings. The fourth-order valence-electron chi connectivity index (χ4n) is 2.01. The molecule has 0 aromatic heterocycles. The van der Waals surface area contributed by atoms with E-state index in [1.165, 1.54) is 6.07 Å². The van der Waals surface area contributed by atoms with Crippen LogP contribution in [0.5, 0.6) is 5.75 Å². The van der Waals surface area contributed by atoms with E-state index >= 15 is 0 Å². The summed E-state index contributed by atoms with van der Waals surface area (Å²) in [5.41, 5.74) is 5.62. The third kappa shape index (κ3) is 2.48. The summed E-state index contributed by atoms with van der Waals surface area (Å²) in [5.74, 6) is -0.810. The van der Waals surface area contributed by atoms with Gasteiger partial charge in [0, 0.05) is 18.7 Å². The second-order valence-corrected chi connectivity index (χ2v) is 5.16. The van der Waals surface area contributed by atoms with Gasteiger partial charge in [0.2, 0.25) is 5.91 Å². The molecule has 96 valence electrons. The van der Waals surface area contributed by atoms with E-state index in [4.69, 9.17) is 5.73 Å². The van der Waals surface area contributed by atoms with Gasteiger partial charge >= 0.3 is 0 Å². The smallest absolute Gasteiger partial charge is 0.254 e. The summed E-state index contributed by atoms with van der Waals surface area (Å²) < 4.78 is 0.537. The quantitative estimate of drug-likeness (QED) is 0.857. The second-order valence-electron chi connectivity index (χ2n) is 4.31. The van der Waals surface area contributed by atoms with E-state index in [2.05, 4.69) is 15.9 Å². The molecule has 1 heterocycles. The number of carbonyl (C=O) groups excluding carboxylic acids is 2. The minimum absolute atomic E-state index is 0.0199. The van der Waals surface area contributed by atoms with Gasteiger partial charge in [-0.2, -0.15) is 0 Å². The van der Waals surface area contributed by atoms with Crippen LogP contribution in [0, 0.1) is 5.92 Å². The minimum atomic E-state index is -0.371. The molecule has 0 bridgehead atoms. The van der Waals surface area contributed by atoms with E-state index in [9.17, 15) is 14.7 Å². The van der Waals surface area contributed by atoms with Crippen LogP contribution in [0.3, 0.4) is 0 Å². The zero-order valence-electron chi connectivity index (χ0n) is 9.60. The highest BCUT2D eigenvalue weighted by Gasteiger charge is 2.30. The number of hydrogen-bond donors (Lipinski definition) is 2. The molecule has 2 rings (SSSR count). The lowest BCUT2D eigenvalue weighted by molar-refractivity contribution is -0.121. The van der Waals surface area contributed by atoms with Crippen LogP contribution in [0.4, 0.5) is 0 Å². The number of nitrogens with zero attached hydrogens (tertiary/aromatic N) is 1. The molecule has 1 unspecified atom stereocenters. The Morgan fingerprint density at radius 3 is 2.72 bits per heavy atom. The van der Waals surface area contributed by atoms with E-state index in [1.807, 2.05) is 0 Å². The van der Waals surface area contributed by atoms with E-state index in [1.54, 1.807) is 17.0 Å². The Bertz CT molecular complexity index is 504. The maximum absolute atomic E-state index is 12.1. The fourth-order valence-corrected chi connectivity index (χ4v) is 2.25. The summed E-state index contributed by atoms with van der Waals surface area (Å²) >= 11 is 3.15. The van der Waals surface area contributed by atoms with Crippen molar-refractivity contribution in [1.29, 1.82) is 0 Å². The number of phenols is 1. The number of hydrogen-bond acceptors (Lipinski definition) is 3. The molecule has 6 heteroatoms. The van der Waals surface area contributed by atoms with E-state index in [0.29, 0.717) is 29.5 Å². The maximum Gasteiger partial charge on any atom is 0.254 e. The molecule has 1 atom stereocenters. The molecule has 0 spiro atoms. The van der Waals surface area contributed by atoms with Crippen molar-refractivity contribution in [3.05, 3.63) is 28.2 Å². The number of benzene rings is 1. The molecule has 18 heavy (non-hydrogen) atoms. The van der Waals surface area contributed by atoms with Crippen molar-refractivity contribution < 1.29 is 14.7 Å². The largest absolute Gasteiger partial charge is 0.507 e. The van der Waals surface area contributed by atoms with Gasteiger partial charge in [0.25, 0.3) is 5.91 Å². The van der Waals surface area contributed by atoms with Crippen molar-refractivity contribution >= 4 is 27.7 Å². The summed E-state index contributed by atoms with van der Waals surface area (Å²) in [7, 11) is 0. The van der Waals surface area contributed by atoms with Gasteiger partial charge < -0.3 is 15.7 Å². The zero-order chi connectivity index (χ0) is 13.3. The highest BCUT2D eigenvalue weighted by Crippen LogP contribution is 2.26. The van der Waals surface area contributed by atoms with Crippen molar-refractivity contribution in [2.24, 2.45) is 11.7 Å². The number of amides is 2. The lowest BCUT2D eigenvalue weighted by atomic mass is 10.1. The molecule has 3 N–H and O–H groups in total. The molecule has 1 saturated heterocycles. The predicted molar refractivity (Wildman–Crippen MR) is 69.0 cm³/mol. The fraction of sp³-hybridized carbons (Fsp3) is 0.333. The molecule has 0 aliphatic carbocycles. The monoisotopic (exact) mass is 312 g/mol. The van der Waals surface area contributed by atoms with Gasteiger partial charge in [0.05, 0.1) is 10.4 Å². The Kier molecular flexibility index (Phi) is 3.56. The zero-order valence-corrected chi connectivity index (χ0v) is 11.2. The molecule has 0 saturated carbocycles. The van der Waals surface area contributed by atoms with Crippen molar-refractivity contribution in [3.63, 3.8) is 0 Å². The molecule has 5 nitrogen and oxygen atoms in total. The lowest BCUT2D eigenvalue weighted by Crippen LogP contribution is -2.31. The van der Waals surface area contributed by atoms with Crippen molar-refractivity contribution in [2.45, 2.75) is 6.42 Å². The van der Waals surface area contributed by atoms with Gasteiger partial charge in [-0.15, -0.1) is 0 Å². The molecule has 2 amide bonds. The molecule has 0 radical (unpaired) electrons. The Balaban J connectivity index is 2.12. The summed E-state index contributed by atoms with van der Waals surface area (Å²) in [6.45, 7) is 0.869. The molecular weight excluding hydrogens is 300 g/mol. The molecule has 1 aromatic carbocycles. The topological polar surface area (TPSA) is 83.6 Å². The Morgan fingerprint density at radius 1 is 1.44 bits per heavy atom. The molecule has 1 aliphatic rings. The summed E-state index contributed by atoms with van der Waals surface area (Å²) in [5, 5.41) is 9.54. The molecule has 1 aliphatic heterocycles. The first kappa shape index (κ1) is 12.9. The van der Waals surface area contributed by atoms with Gasteiger partial charge in [-0.05, 0) is 40.5 Å². The predicted octanol–water partition coefficient (Wildman–Crippen LogP) is 1.10. The van der Waals surface area contributed by atoms with Crippen LogP contribution >= 0.6 is 15.9 Å². The van der Waals surface area contributed by atoms with Crippen LogP contribution in [0.2, 0.25) is 0 Å². The number of aromatic hydroxyl groups is 1. The number of carbonyl (C=O) groups is 2. The number of likely N-dealkylation sites (tertiary alicyclic amines) is 1. The van der Waals surface area contributed by atoms with Crippen LogP contribution in [-0.2, 0) is 4.79 Å². The normalized spacial score (nSPS) is 18.9. The number of phenolic OH excluding ortho intramolecular Hbond substituents is 1. The van der Waals surface area contributed by atoms with Crippen LogP contribution in [0.15, 0.2) is 22.7 Å². The molecule has 1 fully saturated rings. The first-order chi connectivity index (χ1) is 8.49. The van der Waals surface area contributed by atoms with Crippen LogP contribution in [0.1, 0.15) is 16.8 Å². The third-order valence-corrected chi connectivity index (χ3v) is 3.74. The first-order valence-electron chi connectivity index (χ1n) is 5.56. The SMILES string of the molecule is NC(=O)C1CCN(C(=O)c2ccc(Br)c(O)c2)C1. The highest BCUT2D eigenvalue weighted by molar-refractivity contribution is 9.10. The number of primary amides is 1. The Morgan fingerprint density at radius 2 is 2.17 bits per heavy atom. The second kappa shape index (κ2) is 4.97. The molecular formula is C12H13BrN2O3. The summed E-state index contributed by atoms with van der Waals surface area (Å²) in [6.07, 6.45) is 0.601. The minimum Gasteiger partial charge on any atom is -0.507 e. The van der Waals surface area contributed by atoms with Crippen molar-refractivity contribution in [3.8, 4) is 5.75 Å². The van der Waals surface area contributed by atoms with E-state index < -0.39 is 0 Å². The van der Waals surface area contributed by atoms with E-state index in [0.717, 1.165) is 0 Å².